The number of benzene rings is 2. The number of aliphatic hydroxyl groups is 1. The normalized spacial score (nSPS) is 12.5. The summed E-state index contributed by atoms with van der Waals surface area (Å²) < 4.78 is 8.06. The van der Waals surface area contributed by atoms with Crippen LogP contribution in [0.25, 0.3) is 16.6 Å². The fourth-order valence-corrected chi connectivity index (χ4v) is 4.43. The number of aromatic nitrogens is 1. The number of aryl methyl sites for hydroxylation is 1. The highest BCUT2D eigenvalue weighted by Gasteiger charge is 2.19. The first-order chi connectivity index (χ1) is 15.3. The van der Waals surface area contributed by atoms with Gasteiger partial charge in [0.1, 0.15) is 18.5 Å². The number of ketones is 1. The Kier molecular flexibility index (Phi) is 8.10. The smallest absolute Gasteiger partial charge is 0.162 e. The molecule has 3 rings (SSSR count). The lowest BCUT2D eigenvalue weighted by atomic mass is 10.1. The summed E-state index contributed by atoms with van der Waals surface area (Å²) in [5, 5.41) is 11.4. The van der Waals surface area contributed by atoms with Gasteiger partial charge in [0.15, 0.2) is 5.78 Å². The monoisotopic (exact) mass is 436 g/mol. The molecule has 172 valence electrons. The van der Waals surface area contributed by atoms with Crippen LogP contribution in [0.1, 0.15) is 55.2 Å². The second-order valence-electron chi connectivity index (χ2n) is 8.63. The quantitative estimate of drug-likeness (QED) is 0.414. The van der Waals surface area contributed by atoms with Crippen molar-refractivity contribution < 1.29 is 14.6 Å². The molecule has 2 aromatic carbocycles. The van der Waals surface area contributed by atoms with Gasteiger partial charge in [-0.05, 0) is 77.0 Å². The molecule has 5 heteroatoms. The summed E-state index contributed by atoms with van der Waals surface area (Å²) in [5.41, 5.74) is 4.83. The lowest BCUT2D eigenvalue weighted by Crippen LogP contribution is -2.36. The summed E-state index contributed by atoms with van der Waals surface area (Å²) in [6.45, 7) is 12.7. The Morgan fingerprint density at radius 2 is 1.72 bits per heavy atom. The average molecular weight is 437 g/mol. The van der Waals surface area contributed by atoms with Gasteiger partial charge in [-0.1, -0.05) is 31.5 Å². The van der Waals surface area contributed by atoms with Crippen molar-refractivity contribution in [3.63, 3.8) is 0 Å². The van der Waals surface area contributed by atoms with Crippen molar-refractivity contribution in [3.8, 4) is 11.4 Å². The van der Waals surface area contributed by atoms with Crippen molar-refractivity contribution in [1.82, 2.24) is 9.47 Å². The van der Waals surface area contributed by atoms with Gasteiger partial charge >= 0.3 is 0 Å². The Labute approximate surface area is 191 Å². The topological polar surface area (TPSA) is 54.7 Å². The molecule has 0 saturated heterocycles. The van der Waals surface area contributed by atoms with Crippen molar-refractivity contribution >= 4 is 16.7 Å². The zero-order valence-electron chi connectivity index (χ0n) is 20.0. The summed E-state index contributed by atoms with van der Waals surface area (Å²) >= 11 is 0. The Morgan fingerprint density at radius 3 is 2.31 bits per heavy atom. The van der Waals surface area contributed by atoms with Crippen LogP contribution >= 0.6 is 0 Å². The number of ether oxygens (including phenoxy) is 1. The van der Waals surface area contributed by atoms with Gasteiger partial charge in [0.25, 0.3) is 0 Å². The van der Waals surface area contributed by atoms with Crippen LogP contribution in [0.3, 0.4) is 0 Å². The molecule has 0 aliphatic rings. The molecule has 0 bridgehead atoms. The lowest BCUT2D eigenvalue weighted by molar-refractivity contribution is 0.0682. The number of aliphatic hydroxyl groups excluding tert-OH is 1. The summed E-state index contributed by atoms with van der Waals surface area (Å²) in [5.74, 6) is 0.697. The van der Waals surface area contributed by atoms with Crippen LogP contribution in [-0.4, -0.2) is 52.7 Å². The summed E-state index contributed by atoms with van der Waals surface area (Å²) in [6.07, 6.45) is 1.57. The summed E-state index contributed by atoms with van der Waals surface area (Å²) in [4.78, 5) is 14.8. The number of carbonyl (C=O) groups is 1. The van der Waals surface area contributed by atoms with Gasteiger partial charge < -0.3 is 19.3 Å². The Balaban J connectivity index is 1.86. The van der Waals surface area contributed by atoms with Crippen LogP contribution in [0, 0.1) is 13.8 Å². The zero-order chi connectivity index (χ0) is 23.3. The highest BCUT2D eigenvalue weighted by Crippen LogP contribution is 2.32. The molecule has 5 nitrogen and oxygen atoms in total. The van der Waals surface area contributed by atoms with E-state index in [1.165, 1.54) is 5.56 Å². The minimum absolute atomic E-state index is 0.0327. The first-order valence-corrected chi connectivity index (χ1v) is 11.6. The average Bonchev–Trinajstić information content (AvgIpc) is 3.04. The van der Waals surface area contributed by atoms with Crippen molar-refractivity contribution in [2.75, 3.05) is 26.2 Å². The minimum Gasteiger partial charge on any atom is -0.491 e. The molecule has 1 N–H and O–H groups in total. The van der Waals surface area contributed by atoms with Crippen molar-refractivity contribution in [3.05, 3.63) is 59.3 Å². The third-order valence-electron chi connectivity index (χ3n) is 5.81. The minimum atomic E-state index is -0.560. The Bertz CT molecular complexity index is 1050. The fourth-order valence-electron chi connectivity index (χ4n) is 4.43. The van der Waals surface area contributed by atoms with E-state index in [0.29, 0.717) is 17.9 Å². The highest BCUT2D eigenvalue weighted by atomic mass is 16.5. The highest BCUT2D eigenvalue weighted by molar-refractivity contribution is 6.09. The van der Waals surface area contributed by atoms with Crippen LogP contribution in [-0.2, 0) is 0 Å². The van der Waals surface area contributed by atoms with E-state index in [-0.39, 0.29) is 12.4 Å². The van der Waals surface area contributed by atoms with Gasteiger partial charge in [0, 0.05) is 28.9 Å². The summed E-state index contributed by atoms with van der Waals surface area (Å²) in [7, 11) is 0. The van der Waals surface area contributed by atoms with Gasteiger partial charge in [-0.3, -0.25) is 4.79 Å². The first-order valence-electron chi connectivity index (χ1n) is 11.6. The Hall–Kier alpha value is -2.63. The predicted molar refractivity (Wildman–Crippen MR) is 131 cm³/mol. The maximum absolute atomic E-state index is 12.5. The van der Waals surface area contributed by atoms with Crippen LogP contribution in [0.2, 0.25) is 0 Å². The maximum atomic E-state index is 12.5. The fraction of sp³-hybridized carbons (Fsp3) is 0.444. The van der Waals surface area contributed by atoms with Crippen LogP contribution < -0.4 is 4.74 Å². The number of carbonyl (C=O) groups excluding carboxylic acids is 1. The molecule has 0 amide bonds. The van der Waals surface area contributed by atoms with E-state index in [0.717, 1.165) is 48.2 Å². The number of hydrogen-bond donors (Lipinski definition) is 1. The van der Waals surface area contributed by atoms with Crippen molar-refractivity contribution in [1.29, 1.82) is 0 Å². The van der Waals surface area contributed by atoms with E-state index < -0.39 is 6.10 Å². The zero-order valence-corrected chi connectivity index (χ0v) is 20.0. The largest absolute Gasteiger partial charge is 0.491 e. The van der Waals surface area contributed by atoms with Crippen molar-refractivity contribution in [2.45, 2.75) is 53.6 Å². The first kappa shape index (κ1) is 24.0. The molecule has 0 aliphatic heterocycles. The number of nitrogens with zero attached hydrogens (tertiary/aromatic N) is 2. The van der Waals surface area contributed by atoms with E-state index in [2.05, 4.69) is 54.5 Å². The molecule has 0 saturated carbocycles. The van der Waals surface area contributed by atoms with E-state index in [4.69, 9.17) is 4.74 Å². The number of fused-ring (bicyclic) bond motifs is 1. The van der Waals surface area contributed by atoms with Gasteiger partial charge in [-0.15, -0.1) is 0 Å². The standard InChI is InChI=1S/C27H36N2O3/c1-6-14-28(15-7-2)17-23(31)18-32-24-12-13-26-25(16-24)27(21(5)30)20(4)29(26)22-10-8-19(3)9-11-22/h8-13,16,23,31H,6-7,14-15,17-18H2,1-5H3. The number of hydrogen-bond acceptors (Lipinski definition) is 4. The van der Waals surface area contributed by atoms with Crippen LogP contribution in [0.15, 0.2) is 42.5 Å². The molecule has 1 aromatic heterocycles. The van der Waals surface area contributed by atoms with E-state index in [1.54, 1.807) is 6.92 Å². The maximum Gasteiger partial charge on any atom is 0.162 e. The molecular weight excluding hydrogens is 400 g/mol. The molecule has 32 heavy (non-hydrogen) atoms. The molecule has 0 aliphatic carbocycles. The number of Topliss-reactive ketones (excluding diaryl/α,β-unsaturated/α-hetero) is 1. The summed E-state index contributed by atoms with van der Waals surface area (Å²) in [6, 6.07) is 14.1. The lowest BCUT2D eigenvalue weighted by Gasteiger charge is -2.24. The molecule has 1 unspecified atom stereocenters. The second kappa shape index (κ2) is 10.8. The van der Waals surface area contributed by atoms with E-state index in [1.807, 2.05) is 25.1 Å². The van der Waals surface area contributed by atoms with E-state index in [9.17, 15) is 9.90 Å². The van der Waals surface area contributed by atoms with Crippen molar-refractivity contribution in [2.24, 2.45) is 0 Å². The third kappa shape index (κ3) is 5.40. The van der Waals surface area contributed by atoms with Crippen LogP contribution in [0.5, 0.6) is 5.75 Å². The third-order valence-corrected chi connectivity index (χ3v) is 5.81. The molecule has 0 radical (unpaired) electrons. The van der Waals surface area contributed by atoms with Crippen LogP contribution in [0.4, 0.5) is 0 Å². The molecule has 0 spiro atoms. The molecule has 3 aromatic rings. The van der Waals surface area contributed by atoms with Gasteiger partial charge in [-0.2, -0.15) is 0 Å². The van der Waals surface area contributed by atoms with Gasteiger partial charge in [-0.25, -0.2) is 0 Å². The van der Waals surface area contributed by atoms with Gasteiger partial charge in [0.05, 0.1) is 5.52 Å². The molecule has 1 atom stereocenters. The number of rotatable bonds is 11. The predicted octanol–water partition coefficient (Wildman–Crippen LogP) is 5.31. The SMILES string of the molecule is CCCN(CCC)CC(O)COc1ccc2c(c1)c(C(C)=O)c(C)n2-c1ccc(C)cc1. The van der Waals surface area contributed by atoms with Gasteiger partial charge in [0.2, 0.25) is 0 Å². The Morgan fingerprint density at radius 1 is 1.06 bits per heavy atom. The molecule has 0 fully saturated rings. The molecular formula is C27H36N2O3. The second-order valence-corrected chi connectivity index (χ2v) is 8.63. The molecule has 1 heterocycles. The van der Waals surface area contributed by atoms with E-state index >= 15 is 0 Å².